The van der Waals surface area contributed by atoms with E-state index in [-0.39, 0.29) is 65.2 Å². The van der Waals surface area contributed by atoms with Crippen LogP contribution < -0.4 is 15.5 Å². The number of amides is 4. The number of benzene rings is 1. The van der Waals surface area contributed by atoms with E-state index in [0.29, 0.717) is 43.9 Å². The van der Waals surface area contributed by atoms with Gasteiger partial charge in [0.15, 0.2) is 10.8 Å². The number of hydrogen-bond donors (Lipinski definition) is 2. The molecule has 1 saturated carbocycles. The largest absolute Gasteiger partial charge is 0.419 e. The molecule has 2 aromatic rings. The summed E-state index contributed by atoms with van der Waals surface area (Å²) in [5.74, 6) is -1.03. The Bertz CT molecular complexity index is 1880. The summed E-state index contributed by atoms with van der Waals surface area (Å²) < 4.78 is 47.4. The molecule has 1 aromatic carbocycles. The van der Waals surface area contributed by atoms with Crippen molar-refractivity contribution < 1.29 is 37.1 Å². The Morgan fingerprint density at radius 3 is 2.34 bits per heavy atom. The molecule has 1 aromatic heterocycles. The quantitative estimate of drug-likeness (QED) is 0.215. The first-order valence-electron chi connectivity index (χ1n) is 19.2. The summed E-state index contributed by atoms with van der Waals surface area (Å²) in [5, 5.41) is 14.6. The molecule has 3 saturated heterocycles. The lowest BCUT2D eigenvalue weighted by Gasteiger charge is -2.42. The Balaban J connectivity index is 0.942. The first-order chi connectivity index (χ1) is 26.5. The molecule has 2 N–H and O–H groups in total. The van der Waals surface area contributed by atoms with Crippen molar-refractivity contribution in [1.82, 2.24) is 20.1 Å². The second kappa shape index (κ2) is 16.6. The van der Waals surface area contributed by atoms with E-state index < -0.39 is 28.9 Å². The van der Waals surface area contributed by atoms with Crippen molar-refractivity contribution in [2.24, 2.45) is 5.92 Å². The normalized spacial score (nSPS) is 27.2. The number of rotatable bonds is 10. The summed E-state index contributed by atoms with van der Waals surface area (Å²) in [6.45, 7) is 8.62. The summed E-state index contributed by atoms with van der Waals surface area (Å²) in [6, 6.07) is 9.75. The average molecular weight is 796 g/mol. The van der Waals surface area contributed by atoms with E-state index in [4.69, 9.17) is 22.2 Å². The van der Waals surface area contributed by atoms with Crippen LogP contribution in [0.2, 0.25) is 0 Å². The molecule has 6 rings (SSSR count). The maximum absolute atomic E-state index is 13.7. The lowest BCUT2D eigenvalue weighted by atomic mass is 9.85. The number of aromatic nitrogens is 1. The van der Waals surface area contributed by atoms with Crippen LogP contribution in [-0.2, 0) is 30.1 Å². The fraction of sp³-hybridized carbons (Fsp3) is 0.575. The monoisotopic (exact) mass is 795 g/mol. The van der Waals surface area contributed by atoms with Crippen molar-refractivity contribution in [3.63, 3.8) is 0 Å². The number of imide groups is 1. The standard InChI is InChI=1S/C40H48F3N7O5S/c1-23-17-25(18-24(2)48(23)22-35(52)46-27-7-5-26(6-8-27)31-13-14-34(51)47-36(31)53)15-16-55-30-11-9-28(10-12-30)50-38(56)49(37(54)39(50,3)4)29-19-32(40(41,42)43)33(20-44)45-21-29/h5-8,19,21,23-25,28,30-31H,9-18,22H2,1-4H3,(H,46,52)(H,47,51,53)/t23-,24+,25-,28-,30-,31?. The van der Waals surface area contributed by atoms with E-state index in [0.717, 1.165) is 54.8 Å². The molecule has 4 amide bonds. The van der Waals surface area contributed by atoms with E-state index >= 15 is 0 Å². The third-order valence-electron chi connectivity index (χ3n) is 11.8. The number of alkyl halides is 3. The zero-order chi connectivity index (χ0) is 40.5. The summed E-state index contributed by atoms with van der Waals surface area (Å²) >= 11 is 5.71. The van der Waals surface area contributed by atoms with Crippen LogP contribution in [0.15, 0.2) is 36.5 Å². The molecular formula is C40H48F3N7O5S. The Hall–Kier alpha value is -4.46. The van der Waals surface area contributed by atoms with Gasteiger partial charge in [0.05, 0.1) is 36.0 Å². The van der Waals surface area contributed by atoms with Gasteiger partial charge in [0.25, 0.3) is 5.91 Å². The molecule has 16 heteroatoms. The molecule has 4 fully saturated rings. The number of likely N-dealkylation sites (tertiary alicyclic amines) is 1. The number of piperidine rings is 2. The lowest BCUT2D eigenvalue weighted by molar-refractivity contribution is -0.138. The fourth-order valence-electron chi connectivity index (χ4n) is 8.89. The average Bonchev–Trinajstić information content (AvgIpc) is 3.32. The number of carbonyl (C=O) groups excluding carboxylic acids is 4. The van der Waals surface area contributed by atoms with Gasteiger partial charge in [-0.2, -0.15) is 18.4 Å². The van der Waals surface area contributed by atoms with Gasteiger partial charge in [-0.15, -0.1) is 0 Å². The second-order valence-electron chi connectivity index (χ2n) is 16.0. The molecule has 300 valence electrons. The second-order valence-corrected chi connectivity index (χ2v) is 16.4. The number of hydrogen-bond acceptors (Lipinski definition) is 9. The molecule has 1 unspecified atom stereocenters. The summed E-state index contributed by atoms with van der Waals surface area (Å²) in [4.78, 5) is 59.2. The summed E-state index contributed by atoms with van der Waals surface area (Å²) in [6.07, 6.45) is 2.79. The van der Waals surface area contributed by atoms with Gasteiger partial charge in [-0.05, 0) is 121 Å². The number of nitrogens with zero attached hydrogens (tertiary/aromatic N) is 5. The number of thiocarbonyl (C=S) groups is 1. The van der Waals surface area contributed by atoms with E-state index in [1.807, 2.05) is 17.0 Å². The summed E-state index contributed by atoms with van der Waals surface area (Å²) in [7, 11) is 0. The lowest BCUT2D eigenvalue weighted by Crippen LogP contribution is -2.51. The molecular weight excluding hydrogens is 748 g/mol. The van der Waals surface area contributed by atoms with Crippen molar-refractivity contribution in [1.29, 1.82) is 5.26 Å². The first kappa shape index (κ1) is 41.2. The Labute approximate surface area is 330 Å². The van der Waals surface area contributed by atoms with E-state index in [2.05, 4.69) is 34.4 Å². The van der Waals surface area contributed by atoms with Gasteiger partial charge in [-0.3, -0.25) is 34.3 Å². The minimum atomic E-state index is -4.82. The molecule has 0 spiro atoms. The van der Waals surface area contributed by atoms with Crippen molar-refractivity contribution in [3.8, 4) is 6.07 Å². The van der Waals surface area contributed by atoms with Crippen LogP contribution in [0.25, 0.3) is 0 Å². The van der Waals surface area contributed by atoms with Gasteiger partial charge in [0.2, 0.25) is 17.7 Å². The molecule has 4 aliphatic rings. The van der Waals surface area contributed by atoms with Crippen LogP contribution in [-0.4, -0.2) is 86.4 Å². The molecule has 1 aliphatic carbocycles. The number of halogens is 3. The molecule has 56 heavy (non-hydrogen) atoms. The van der Waals surface area contributed by atoms with Crippen molar-refractivity contribution in [2.45, 2.75) is 127 Å². The molecule has 4 atom stereocenters. The predicted molar refractivity (Wildman–Crippen MR) is 205 cm³/mol. The van der Waals surface area contributed by atoms with Crippen molar-refractivity contribution in [2.75, 3.05) is 23.4 Å². The molecule has 0 radical (unpaired) electrons. The number of nitrogens with one attached hydrogen (secondary N) is 2. The number of nitriles is 1. The van der Waals surface area contributed by atoms with Gasteiger partial charge in [0, 0.05) is 36.8 Å². The van der Waals surface area contributed by atoms with Gasteiger partial charge in [-0.1, -0.05) is 12.1 Å². The number of carbonyl (C=O) groups is 4. The van der Waals surface area contributed by atoms with E-state index in [1.165, 1.54) is 6.07 Å². The molecule has 12 nitrogen and oxygen atoms in total. The topological polar surface area (TPSA) is 148 Å². The highest BCUT2D eigenvalue weighted by atomic mass is 32.1. The van der Waals surface area contributed by atoms with Crippen LogP contribution >= 0.6 is 12.2 Å². The first-order valence-corrected chi connectivity index (χ1v) is 19.6. The SMILES string of the molecule is C[C@@H]1C[C@@H](CCO[C@H]2CC[C@H](N3C(=S)N(c4cnc(C#N)c(C(F)(F)F)c4)C(=O)C3(C)C)CC2)C[C@H](C)N1CC(=O)Nc1ccc(C2CCC(=O)NC2=O)cc1. The smallest absolute Gasteiger partial charge is 0.378 e. The molecule has 3 aliphatic heterocycles. The van der Waals surface area contributed by atoms with Crippen LogP contribution in [0.4, 0.5) is 24.5 Å². The van der Waals surface area contributed by atoms with Crippen LogP contribution in [0.1, 0.15) is 108 Å². The van der Waals surface area contributed by atoms with Crippen molar-refractivity contribution >= 4 is 52.3 Å². The summed E-state index contributed by atoms with van der Waals surface area (Å²) in [5.41, 5.74) is -1.72. The highest BCUT2D eigenvalue weighted by Gasteiger charge is 2.53. The zero-order valence-corrected chi connectivity index (χ0v) is 32.8. The molecule has 0 bridgehead atoms. The van der Waals surface area contributed by atoms with E-state index in [9.17, 15) is 32.3 Å². The third-order valence-corrected chi connectivity index (χ3v) is 12.2. The number of anilines is 2. The highest BCUT2D eigenvalue weighted by molar-refractivity contribution is 7.80. The number of pyridine rings is 1. The third kappa shape index (κ3) is 8.74. The Morgan fingerprint density at radius 1 is 1.07 bits per heavy atom. The zero-order valence-electron chi connectivity index (χ0n) is 32.0. The predicted octanol–water partition coefficient (Wildman–Crippen LogP) is 6.05. The van der Waals surface area contributed by atoms with Crippen molar-refractivity contribution in [3.05, 3.63) is 53.3 Å². The van der Waals surface area contributed by atoms with Gasteiger partial charge in [-0.25, -0.2) is 4.98 Å². The minimum Gasteiger partial charge on any atom is -0.378 e. The van der Waals surface area contributed by atoms with Gasteiger partial charge < -0.3 is 15.0 Å². The van der Waals surface area contributed by atoms with Crippen LogP contribution in [0, 0.1) is 17.2 Å². The maximum atomic E-state index is 13.7. The van der Waals surface area contributed by atoms with Gasteiger partial charge >= 0.3 is 6.18 Å². The fourth-order valence-corrected chi connectivity index (χ4v) is 9.46. The minimum absolute atomic E-state index is 0.0473. The van der Waals surface area contributed by atoms with Gasteiger partial charge in [0.1, 0.15) is 11.6 Å². The highest BCUT2D eigenvalue weighted by Crippen LogP contribution is 2.40. The van der Waals surface area contributed by atoms with E-state index in [1.54, 1.807) is 26.0 Å². The number of ether oxygens (including phenoxy) is 1. The van der Waals surface area contributed by atoms with Crippen LogP contribution in [0.3, 0.4) is 0 Å². The Morgan fingerprint density at radius 2 is 1.73 bits per heavy atom. The molecule has 4 heterocycles. The maximum Gasteiger partial charge on any atom is 0.419 e. The Kier molecular flexibility index (Phi) is 12.2. The van der Waals surface area contributed by atoms with Crippen LogP contribution in [0.5, 0.6) is 0 Å².